The summed E-state index contributed by atoms with van der Waals surface area (Å²) in [6.07, 6.45) is 8.62. The fourth-order valence-electron chi connectivity index (χ4n) is 2.73. The molecule has 0 bridgehead atoms. The highest BCUT2D eigenvalue weighted by molar-refractivity contribution is 7.57. The van der Waals surface area contributed by atoms with Gasteiger partial charge in [-0.05, 0) is 37.6 Å². The van der Waals surface area contributed by atoms with Crippen molar-refractivity contribution in [1.82, 2.24) is 15.0 Å². The van der Waals surface area contributed by atoms with Gasteiger partial charge < -0.3 is 4.98 Å². The minimum atomic E-state index is 0.371. The van der Waals surface area contributed by atoms with Crippen LogP contribution >= 0.6 is 0 Å². The highest BCUT2D eigenvalue weighted by atomic mass is 32.1. The molecule has 2 N–H and O–H groups in total. The van der Waals surface area contributed by atoms with Crippen LogP contribution in [0.15, 0.2) is 40.8 Å². The molecule has 0 unspecified atom stereocenters. The van der Waals surface area contributed by atoms with Crippen LogP contribution in [0.1, 0.15) is 37.0 Å². The first-order valence-electron chi connectivity index (χ1n) is 8.38. The van der Waals surface area contributed by atoms with Gasteiger partial charge in [0.15, 0.2) is 0 Å². The highest BCUT2D eigenvalue weighted by Crippen LogP contribution is 2.28. The molecule has 0 saturated heterocycles. The maximum absolute atomic E-state index is 7.91. The molecule has 0 amide bonds. The Morgan fingerprint density at radius 2 is 2.08 bits per heavy atom. The van der Waals surface area contributed by atoms with Crippen LogP contribution in [0.2, 0.25) is 0 Å². The molecule has 0 atom stereocenters. The summed E-state index contributed by atoms with van der Waals surface area (Å²) >= 11 is 3.14. The van der Waals surface area contributed by atoms with Crippen molar-refractivity contribution >= 4 is 29.8 Å². The zero-order valence-electron chi connectivity index (χ0n) is 14.4. The van der Waals surface area contributed by atoms with Gasteiger partial charge in [0, 0.05) is 17.7 Å². The van der Waals surface area contributed by atoms with Crippen molar-refractivity contribution in [2.24, 2.45) is 4.40 Å². The lowest BCUT2D eigenvalue weighted by atomic mass is 9.99. The summed E-state index contributed by atoms with van der Waals surface area (Å²) in [7, 11) is 0. The molecule has 0 saturated carbocycles. The van der Waals surface area contributed by atoms with E-state index in [-0.39, 0.29) is 0 Å². The van der Waals surface area contributed by atoms with Crippen molar-refractivity contribution in [2.75, 3.05) is 0 Å². The van der Waals surface area contributed by atoms with E-state index in [0.29, 0.717) is 11.4 Å². The van der Waals surface area contributed by atoms with Gasteiger partial charge in [0.1, 0.15) is 11.5 Å². The van der Waals surface area contributed by atoms with Gasteiger partial charge in [-0.2, -0.15) is 0 Å². The molecule has 0 aliphatic heterocycles. The first kappa shape index (κ1) is 17.4. The van der Waals surface area contributed by atoms with E-state index in [0.717, 1.165) is 53.4 Å². The van der Waals surface area contributed by atoms with Crippen LogP contribution < -0.4 is 0 Å². The number of nitrogens with zero attached hydrogens (tertiary/aromatic N) is 3. The third-order valence-electron chi connectivity index (χ3n) is 4.06. The molecule has 2 heterocycles. The number of nitrogens with one attached hydrogen (secondary N) is 2. The summed E-state index contributed by atoms with van der Waals surface area (Å²) in [5, 5.41) is 7.91. The second-order valence-electron chi connectivity index (χ2n) is 6.02. The van der Waals surface area contributed by atoms with Gasteiger partial charge in [-0.15, -0.1) is 0 Å². The van der Waals surface area contributed by atoms with Crippen molar-refractivity contribution in [3.05, 3.63) is 53.6 Å². The summed E-state index contributed by atoms with van der Waals surface area (Å²) in [6.45, 7) is 4.15. The zero-order chi connectivity index (χ0) is 17.8. The van der Waals surface area contributed by atoms with Gasteiger partial charge in [-0.25, -0.2) is 4.98 Å². The number of aromatic amines is 1. The first-order chi connectivity index (χ1) is 12.1. The molecule has 0 aromatic carbocycles. The second-order valence-corrected chi connectivity index (χ2v) is 6.24. The minimum Gasteiger partial charge on any atom is -0.340 e. The fourth-order valence-corrected chi connectivity index (χ4v) is 2.92. The molecule has 2 aromatic rings. The van der Waals surface area contributed by atoms with Gasteiger partial charge in [0.25, 0.3) is 0 Å². The predicted octanol–water partition coefficient (Wildman–Crippen LogP) is 3.46. The molecule has 5 nitrogen and oxygen atoms in total. The molecule has 25 heavy (non-hydrogen) atoms. The lowest BCUT2D eigenvalue weighted by molar-refractivity contribution is 0.762. The molecule has 0 radical (unpaired) electrons. The molecule has 1 aliphatic carbocycles. The van der Waals surface area contributed by atoms with Crippen LogP contribution in [0.3, 0.4) is 0 Å². The van der Waals surface area contributed by atoms with E-state index in [4.69, 9.17) is 10.4 Å². The Balaban J connectivity index is 2.10. The Kier molecular flexibility index (Phi) is 5.28. The van der Waals surface area contributed by atoms with E-state index in [1.165, 1.54) is 0 Å². The third kappa shape index (κ3) is 3.79. The largest absolute Gasteiger partial charge is 0.340 e. The number of imidazole rings is 1. The third-order valence-corrected chi connectivity index (χ3v) is 4.30. The summed E-state index contributed by atoms with van der Waals surface area (Å²) in [5.41, 5.74) is 5.47. The van der Waals surface area contributed by atoms with E-state index >= 15 is 0 Å². The predicted molar refractivity (Wildman–Crippen MR) is 108 cm³/mol. The number of rotatable bonds is 5. The number of hydrogen-bond donors (Lipinski definition) is 2. The van der Waals surface area contributed by atoms with Crippen LogP contribution in [0.5, 0.6) is 0 Å². The van der Waals surface area contributed by atoms with Crippen LogP contribution in [0.25, 0.3) is 17.0 Å². The average Bonchev–Trinajstić information content (AvgIpc) is 3.04. The van der Waals surface area contributed by atoms with Crippen molar-refractivity contribution in [2.45, 2.75) is 33.1 Å². The van der Waals surface area contributed by atoms with Crippen molar-refractivity contribution in [3.8, 4) is 11.4 Å². The standard InChI is InChI=1S/C19H21N5S/c1-3-4-8-17-22-18(13-9-10-14(20)16(11-13)24-25)19(23-17)15-7-5-6-12(2)21-15/h5-7,9-11,20,25H,3-4,8H2,1-2H3,(H,22,23)/p+1/b20-14?,24-16-. The van der Waals surface area contributed by atoms with Gasteiger partial charge in [0.05, 0.1) is 35.6 Å². The number of allylic oxidation sites excluding steroid dienone is 4. The summed E-state index contributed by atoms with van der Waals surface area (Å²) in [5.74, 6) is 0.960. The maximum atomic E-state index is 7.91. The van der Waals surface area contributed by atoms with Gasteiger partial charge in [-0.1, -0.05) is 29.9 Å². The number of aromatic nitrogens is 3. The Labute approximate surface area is 153 Å². The van der Waals surface area contributed by atoms with Crippen LogP contribution in [-0.2, 0) is 19.2 Å². The molecule has 3 rings (SSSR count). The molecule has 0 spiro atoms. The average molecular weight is 352 g/mol. The molecular formula is C19H22N5S+. The second kappa shape index (κ2) is 7.61. The normalized spacial score (nSPS) is 15.7. The maximum Gasteiger partial charge on any atom is 0.139 e. The van der Waals surface area contributed by atoms with Gasteiger partial charge >= 0.3 is 0 Å². The summed E-state index contributed by atoms with van der Waals surface area (Å²) in [4.78, 5) is 12.9. The molecule has 2 aromatic heterocycles. The lowest BCUT2D eigenvalue weighted by Gasteiger charge is -2.08. The number of aryl methyl sites for hydroxylation is 2. The quantitative estimate of drug-likeness (QED) is 0.638. The molecule has 0 fully saturated rings. The summed E-state index contributed by atoms with van der Waals surface area (Å²) < 4.78 is 3.99. The first-order valence-corrected chi connectivity index (χ1v) is 8.83. The van der Waals surface area contributed by atoms with Crippen molar-refractivity contribution in [1.29, 1.82) is 5.41 Å². The van der Waals surface area contributed by atoms with E-state index < -0.39 is 0 Å². The Bertz CT molecular complexity index is 889. The van der Waals surface area contributed by atoms with Crippen LogP contribution in [0.4, 0.5) is 0 Å². The summed E-state index contributed by atoms with van der Waals surface area (Å²) in [6, 6.07) is 5.97. The highest BCUT2D eigenvalue weighted by Gasteiger charge is 2.19. The Hall–Kier alpha value is -2.47. The van der Waals surface area contributed by atoms with E-state index in [1.54, 1.807) is 6.08 Å². The SMILES string of the molecule is CCCCc1nc(C2=C/C(=N/[SH2+])C(=N)C=C2)c(-c2cccc(C)n2)[nH]1. The van der Waals surface area contributed by atoms with E-state index in [1.807, 2.05) is 37.3 Å². The minimum absolute atomic E-state index is 0.371. The smallest absolute Gasteiger partial charge is 0.139 e. The van der Waals surface area contributed by atoms with Gasteiger partial charge in [-0.3, -0.25) is 10.4 Å². The van der Waals surface area contributed by atoms with E-state index in [9.17, 15) is 0 Å². The number of unbranched alkanes of at least 4 members (excludes halogenated alkanes) is 1. The van der Waals surface area contributed by atoms with Gasteiger partial charge in [0.2, 0.25) is 0 Å². The van der Waals surface area contributed by atoms with Crippen LogP contribution in [0, 0.1) is 12.3 Å². The monoisotopic (exact) mass is 352 g/mol. The van der Waals surface area contributed by atoms with Crippen molar-refractivity contribution in [3.63, 3.8) is 0 Å². The Morgan fingerprint density at radius 3 is 2.80 bits per heavy atom. The van der Waals surface area contributed by atoms with E-state index in [2.05, 4.69) is 34.1 Å². The number of H-pyrrole nitrogens is 1. The van der Waals surface area contributed by atoms with Crippen LogP contribution in [-0.4, -0.2) is 26.4 Å². The Morgan fingerprint density at radius 1 is 1.24 bits per heavy atom. The molecule has 6 heteroatoms. The molecule has 1 aliphatic rings. The molecular weight excluding hydrogens is 330 g/mol. The van der Waals surface area contributed by atoms with Crippen molar-refractivity contribution < 1.29 is 0 Å². The topological polar surface area (TPSA) is 77.8 Å². The number of hydrogen-bond acceptors (Lipinski definition) is 4. The lowest BCUT2D eigenvalue weighted by Crippen LogP contribution is -2.11. The molecule has 128 valence electrons. The fraction of sp³-hybridized carbons (Fsp3) is 0.263. The zero-order valence-corrected chi connectivity index (χ0v) is 15.4. The number of pyridine rings is 1.